The van der Waals surface area contributed by atoms with E-state index in [-0.39, 0.29) is 5.91 Å². The van der Waals surface area contributed by atoms with Gasteiger partial charge < -0.3 is 10.1 Å². The topological polar surface area (TPSA) is 72.3 Å². The molecule has 1 atom stereocenters. The summed E-state index contributed by atoms with van der Waals surface area (Å²) < 4.78 is 5.53. The molecule has 3 aromatic carbocycles. The van der Waals surface area contributed by atoms with Crippen LogP contribution in [-0.4, -0.2) is 28.0 Å². The fraction of sp³-hybridized carbons (Fsp3) is 0.0870. The van der Waals surface area contributed by atoms with E-state index in [4.69, 9.17) is 4.74 Å². The van der Waals surface area contributed by atoms with Gasteiger partial charge in [-0.25, -0.2) is 0 Å². The molecule has 0 unspecified atom stereocenters. The lowest BCUT2D eigenvalue weighted by molar-refractivity contribution is 0.0973. The van der Waals surface area contributed by atoms with E-state index in [1.165, 1.54) is 0 Å². The molecular weight excluding hydrogens is 378 g/mol. The molecule has 0 aliphatic carbocycles. The summed E-state index contributed by atoms with van der Waals surface area (Å²) in [5, 5.41) is 12.5. The molecule has 0 radical (unpaired) electrons. The lowest BCUT2D eigenvalue weighted by atomic mass is 10.1. The van der Waals surface area contributed by atoms with Gasteiger partial charge in [-0.05, 0) is 36.4 Å². The van der Waals surface area contributed by atoms with Gasteiger partial charge in [0.25, 0.3) is 5.91 Å². The van der Waals surface area contributed by atoms with Crippen molar-refractivity contribution in [2.75, 3.05) is 17.3 Å². The van der Waals surface area contributed by atoms with Gasteiger partial charge in [0.05, 0.1) is 30.2 Å². The standard InChI is InChI=1S/C23H19N5O2/c1-30-21-14-8-7-13-20(21)27-22(25-18-12-6-5-11-17(18)23(27)29)19-15-24-28(26-19)16-9-3-2-4-10-16/h2-15,22,25H,1H3/t22-/m1/s1. The third kappa shape index (κ3) is 2.97. The lowest BCUT2D eigenvalue weighted by Gasteiger charge is -2.37. The van der Waals surface area contributed by atoms with Gasteiger partial charge in [-0.2, -0.15) is 9.90 Å². The maximum atomic E-state index is 13.5. The van der Waals surface area contributed by atoms with Gasteiger partial charge in [0, 0.05) is 5.69 Å². The number of fused-ring (bicyclic) bond motifs is 1. The summed E-state index contributed by atoms with van der Waals surface area (Å²) in [6.45, 7) is 0. The molecule has 148 valence electrons. The van der Waals surface area contributed by atoms with Gasteiger partial charge in [0.2, 0.25) is 0 Å². The molecule has 30 heavy (non-hydrogen) atoms. The largest absolute Gasteiger partial charge is 0.495 e. The Morgan fingerprint density at radius 2 is 1.67 bits per heavy atom. The van der Waals surface area contributed by atoms with Crippen LogP contribution in [0.2, 0.25) is 0 Å². The van der Waals surface area contributed by atoms with Crippen LogP contribution < -0.4 is 15.0 Å². The van der Waals surface area contributed by atoms with Crippen molar-refractivity contribution in [1.29, 1.82) is 0 Å². The second-order valence-electron chi connectivity index (χ2n) is 6.83. The van der Waals surface area contributed by atoms with Crippen molar-refractivity contribution in [3.05, 3.63) is 96.3 Å². The summed E-state index contributed by atoms with van der Waals surface area (Å²) in [5.74, 6) is 0.473. The number of aromatic nitrogens is 3. The zero-order valence-corrected chi connectivity index (χ0v) is 16.3. The van der Waals surface area contributed by atoms with Crippen LogP contribution in [0.5, 0.6) is 5.75 Å². The van der Waals surface area contributed by atoms with E-state index in [1.54, 1.807) is 23.0 Å². The second kappa shape index (κ2) is 7.36. The van der Waals surface area contributed by atoms with Crippen LogP contribution in [0.25, 0.3) is 5.69 Å². The molecule has 4 aromatic rings. The number of benzene rings is 3. The molecule has 7 nitrogen and oxygen atoms in total. The van der Waals surface area contributed by atoms with E-state index in [2.05, 4.69) is 15.5 Å². The van der Waals surface area contributed by atoms with Gasteiger partial charge in [-0.3, -0.25) is 9.69 Å². The average molecular weight is 397 g/mol. The number of hydrogen-bond donors (Lipinski definition) is 1. The average Bonchev–Trinajstić information content (AvgIpc) is 3.30. The highest BCUT2D eigenvalue weighted by molar-refractivity contribution is 6.12. The fourth-order valence-electron chi connectivity index (χ4n) is 3.62. The molecule has 1 aliphatic heterocycles. The molecule has 0 saturated carbocycles. The Morgan fingerprint density at radius 3 is 2.50 bits per heavy atom. The van der Waals surface area contributed by atoms with Crippen molar-refractivity contribution in [3.63, 3.8) is 0 Å². The maximum absolute atomic E-state index is 13.5. The lowest BCUT2D eigenvalue weighted by Crippen LogP contribution is -2.43. The van der Waals surface area contributed by atoms with Crippen LogP contribution in [0.15, 0.2) is 85.1 Å². The molecule has 0 saturated heterocycles. The predicted octanol–water partition coefficient (Wildman–Crippen LogP) is 4.05. The van der Waals surface area contributed by atoms with Gasteiger partial charge >= 0.3 is 0 Å². The van der Waals surface area contributed by atoms with Gasteiger partial charge in [0.1, 0.15) is 11.4 Å². The van der Waals surface area contributed by atoms with E-state index in [9.17, 15) is 4.79 Å². The highest BCUT2D eigenvalue weighted by atomic mass is 16.5. The van der Waals surface area contributed by atoms with Gasteiger partial charge in [0.15, 0.2) is 6.17 Å². The number of hydrogen-bond acceptors (Lipinski definition) is 5. The Bertz CT molecular complexity index is 1200. The number of nitrogens with one attached hydrogen (secondary N) is 1. The molecule has 7 heteroatoms. The van der Waals surface area contributed by atoms with E-state index < -0.39 is 6.17 Å². The first-order valence-corrected chi connectivity index (χ1v) is 9.56. The Kier molecular flexibility index (Phi) is 4.40. The highest BCUT2D eigenvalue weighted by Gasteiger charge is 2.37. The number of anilines is 2. The molecular formula is C23H19N5O2. The van der Waals surface area contributed by atoms with Crippen LogP contribution in [-0.2, 0) is 0 Å². The quantitative estimate of drug-likeness (QED) is 0.563. The minimum absolute atomic E-state index is 0.131. The van der Waals surface area contributed by atoms with Crippen molar-refractivity contribution >= 4 is 17.3 Å². The number of rotatable bonds is 4. The third-order valence-electron chi connectivity index (χ3n) is 5.05. The van der Waals surface area contributed by atoms with Crippen molar-refractivity contribution in [1.82, 2.24) is 15.0 Å². The molecule has 2 heterocycles. The number of carbonyl (C=O) groups excluding carboxylic acids is 1. The number of carbonyl (C=O) groups is 1. The first-order chi connectivity index (χ1) is 14.8. The Balaban J connectivity index is 1.63. The molecule has 5 rings (SSSR count). The number of para-hydroxylation sites is 4. The number of amides is 1. The van der Waals surface area contributed by atoms with Crippen molar-refractivity contribution in [2.24, 2.45) is 0 Å². The monoisotopic (exact) mass is 397 g/mol. The van der Waals surface area contributed by atoms with Crippen molar-refractivity contribution < 1.29 is 9.53 Å². The summed E-state index contributed by atoms with van der Waals surface area (Å²) in [7, 11) is 1.59. The van der Waals surface area contributed by atoms with Crippen LogP contribution in [0.4, 0.5) is 11.4 Å². The van der Waals surface area contributed by atoms with E-state index in [0.29, 0.717) is 22.7 Å². The molecule has 0 bridgehead atoms. The zero-order chi connectivity index (χ0) is 20.5. The fourth-order valence-corrected chi connectivity index (χ4v) is 3.62. The molecule has 1 amide bonds. The Hall–Kier alpha value is -4.13. The molecule has 1 aliphatic rings. The molecule has 1 aromatic heterocycles. The molecule has 0 fully saturated rings. The maximum Gasteiger partial charge on any atom is 0.262 e. The third-order valence-corrected chi connectivity index (χ3v) is 5.05. The van der Waals surface area contributed by atoms with E-state index in [0.717, 1.165) is 11.4 Å². The van der Waals surface area contributed by atoms with Crippen LogP contribution in [0.3, 0.4) is 0 Å². The summed E-state index contributed by atoms with van der Waals surface area (Å²) >= 11 is 0. The van der Waals surface area contributed by atoms with Crippen molar-refractivity contribution in [2.45, 2.75) is 6.17 Å². The van der Waals surface area contributed by atoms with E-state index in [1.807, 2.05) is 78.9 Å². The first kappa shape index (κ1) is 17.9. The summed E-state index contributed by atoms with van der Waals surface area (Å²) in [4.78, 5) is 16.7. The predicted molar refractivity (Wildman–Crippen MR) is 114 cm³/mol. The van der Waals surface area contributed by atoms with Crippen LogP contribution >= 0.6 is 0 Å². The number of ether oxygens (including phenoxy) is 1. The zero-order valence-electron chi connectivity index (χ0n) is 16.3. The smallest absolute Gasteiger partial charge is 0.262 e. The Labute approximate surface area is 173 Å². The Morgan fingerprint density at radius 1 is 0.933 bits per heavy atom. The minimum atomic E-state index is -0.541. The van der Waals surface area contributed by atoms with E-state index >= 15 is 0 Å². The number of methoxy groups -OCH3 is 1. The number of nitrogens with zero attached hydrogens (tertiary/aromatic N) is 4. The van der Waals surface area contributed by atoms with Crippen LogP contribution in [0.1, 0.15) is 22.2 Å². The SMILES string of the molecule is COc1ccccc1N1C(=O)c2ccccc2N[C@H]1c1cnn(-c2ccccc2)n1. The van der Waals surface area contributed by atoms with Crippen molar-refractivity contribution in [3.8, 4) is 11.4 Å². The van der Waals surface area contributed by atoms with Gasteiger partial charge in [-0.1, -0.05) is 42.5 Å². The normalized spacial score (nSPS) is 15.4. The first-order valence-electron chi connectivity index (χ1n) is 9.56. The van der Waals surface area contributed by atoms with Gasteiger partial charge in [-0.15, -0.1) is 5.10 Å². The van der Waals surface area contributed by atoms with Crippen LogP contribution in [0, 0.1) is 0 Å². The second-order valence-corrected chi connectivity index (χ2v) is 6.83. The summed E-state index contributed by atoms with van der Waals surface area (Å²) in [5.41, 5.74) is 3.47. The minimum Gasteiger partial charge on any atom is -0.495 e. The molecule has 0 spiro atoms. The summed E-state index contributed by atoms with van der Waals surface area (Å²) in [6.07, 6.45) is 1.13. The summed E-state index contributed by atoms with van der Waals surface area (Å²) in [6, 6.07) is 24.6. The molecule has 1 N–H and O–H groups in total. The highest BCUT2D eigenvalue weighted by Crippen LogP contribution is 2.39.